The molecule has 0 spiro atoms. The first-order valence-electron chi connectivity index (χ1n) is 9.91. The van der Waals surface area contributed by atoms with Crippen LogP contribution in [0.4, 0.5) is 11.6 Å². The van der Waals surface area contributed by atoms with E-state index in [1.165, 1.54) is 12.6 Å². The molecule has 9 heteroatoms. The molecule has 0 saturated heterocycles. The third kappa shape index (κ3) is 3.61. The lowest BCUT2D eigenvalue weighted by atomic mass is 10.0. The van der Waals surface area contributed by atoms with Gasteiger partial charge in [0, 0.05) is 11.6 Å². The predicted octanol–water partition coefficient (Wildman–Crippen LogP) is 5.15. The first kappa shape index (κ1) is 19.9. The maximum absolute atomic E-state index is 6.52. The Morgan fingerprint density at radius 2 is 1.72 bits per heavy atom. The van der Waals surface area contributed by atoms with Crippen LogP contribution in [-0.2, 0) is 0 Å². The number of rotatable bonds is 5. The Hall–Kier alpha value is -4.04. The fourth-order valence-electron chi connectivity index (χ4n) is 3.54. The van der Waals surface area contributed by atoms with Crippen LogP contribution in [0.15, 0.2) is 71.7 Å². The van der Waals surface area contributed by atoms with E-state index in [9.17, 15) is 0 Å². The highest BCUT2D eigenvalue weighted by Crippen LogP contribution is 2.35. The van der Waals surface area contributed by atoms with Crippen molar-refractivity contribution in [2.75, 3.05) is 11.1 Å². The van der Waals surface area contributed by atoms with Crippen molar-refractivity contribution in [1.82, 2.24) is 25.1 Å². The summed E-state index contributed by atoms with van der Waals surface area (Å²) in [5.74, 6) is 0.804. The van der Waals surface area contributed by atoms with Gasteiger partial charge in [-0.3, -0.25) is 0 Å². The normalized spacial score (nSPS) is 12.1. The molecule has 5 rings (SSSR count). The molecule has 0 saturated carbocycles. The molecule has 1 atom stereocenters. The van der Waals surface area contributed by atoms with Crippen LogP contribution in [-0.4, -0.2) is 25.1 Å². The van der Waals surface area contributed by atoms with Crippen molar-refractivity contribution in [1.29, 1.82) is 0 Å². The number of anilines is 2. The Balaban J connectivity index is 1.63. The SMILES string of the molecule is CC(Nc1ncnc(N)c1-c1ccon1)c1nc2ccccc2nc1-c1ccccc1Cl. The van der Waals surface area contributed by atoms with Gasteiger partial charge in [-0.1, -0.05) is 47.1 Å². The van der Waals surface area contributed by atoms with Gasteiger partial charge in [-0.2, -0.15) is 0 Å². The van der Waals surface area contributed by atoms with Gasteiger partial charge >= 0.3 is 0 Å². The second-order valence-corrected chi connectivity index (χ2v) is 7.57. The lowest BCUT2D eigenvalue weighted by Crippen LogP contribution is -2.14. The van der Waals surface area contributed by atoms with E-state index in [0.717, 1.165) is 22.3 Å². The largest absolute Gasteiger partial charge is 0.383 e. The number of halogens is 1. The smallest absolute Gasteiger partial charge is 0.141 e. The molecular weight excluding hydrogens is 426 g/mol. The minimum atomic E-state index is -0.293. The number of nitrogens with one attached hydrogen (secondary N) is 1. The Bertz CT molecular complexity index is 1410. The Morgan fingerprint density at radius 3 is 2.47 bits per heavy atom. The summed E-state index contributed by atoms with van der Waals surface area (Å²) in [6.45, 7) is 1.98. The van der Waals surface area contributed by atoms with Crippen molar-refractivity contribution in [3.8, 4) is 22.5 Å². The number of fused-ring (bicyclic) bond motifs is 1. The number of hydrogen-bond acceptors (Lipinski definition) is 8. The number of nitrogens with two attached hydrogens (primary N) is 1. The third-order valence-corrected chi connectivity index (χ3v) is 5.39. The van der Waals surface area contributed by atoms with Gasteiger partial charge in [0.15, 0.2) is 0 Å². The van der Waals surface area contributed by atoms with E-state index < -0.39 is 0 Å². The minimum absolute atomic E-state index is 0.291. The highest BCUT2D eigenvalue weighted by atomic mass is 35.5. The van der Waals surface area contributed by atoms with Crippen molar-refractivity contribution in [2.24, 2.45) is 0 Å². The molecule has 0 aliphatic heterocycles. The quantitative estimate of drug-likeness (QED) is 0.383. The van der Waals surface area contributed by atoms with Crippen LogP contribution in [0, 0.1) is 0 Å². The summed E-state index contributed by atoms with van der Waals surface area (Å²) in [6, 6.07) is 16.7. The molecular formula is C23H18ClN7O. The summed E-state index contributed by atoms with van der Waals surface area (Å²) in [5, 5.41) is 7.97. The first-order valence-corrected chi connectivity index (χ1v) is 10.3. The lowest BCUT2D eigenvalue weighted by Gasteiger charge is -2.20. The number of nitrogens with zero attached hydrogens (tertiary/aromatic N) is 5. The second kappa shape index (κ2) is 8.24. The molecule has 5 aromatic rings. The molecule has 3 N–H and O–H groups in total. The average Bonchev–Trinajstić information content (AvgIpc) is 3.33. The van der Waals surface area contributed by atoms with Crippen molar-refractivity contribution < 1.29 is 4.52 Å². The van der Waals surface area contributed by atoms with Crippen molar-refractivity contribution in [3.63, 3.8) is 0 Å². The fourth-order valence-corrected chi connectivity index (χ4v) is 3.77. The third-order valence-electron chi connectivity index (χ3n) is 5.06. The maximum atomic E-state index is 6.52. The fraction of sp³-hybridized carbons (Fsp3) is 0.0870. The number of nitrogen functional groups attached to an aromatic ring is 1. The van der Waals surface area contributed by atoms with E-state index in [2.05, 4.69) is 20.4 Å². The molecule has 32 heavy (non-hydrogen) atoms. The van der Waals surface area contributed by atoms with E-state index >= 15 is 0 Å². The molecule has 0 fully saturated rings. The van der Waals surface area contributed by atoms with E-state index in [-0.39, 0.29) is 6.04 Å². The first-order chi connectivity index (χ1) is 15.6. The van der Waals surface area contributed by atoms with Crippen LogP contribution < -0.4 is 11.1 Å². The highest BCUT2D eigenvalue weighted by Gasteiger charge is 2.22. The minimum Gasteiger partial charge on any atom is -0.383 e. The molecule has 1 unspecified atom stereocenters. The number of para-hydroxylation sites is 2. The van der Waals surface area contributed by atoms with Crippen LogP contribution in [0.1, 0.15) is 18.7 Å². The van der Waals surface area contributed by atoms with Gasteiger partial charge in [0.2, 0.25) is 0 Å². The summed E-state index contributed by atoms with van der Waals surface area (Å²) in [6.07, 6.45) is 2.87. The van der Waals surface area contributed by atoms with Gasteiger partial charge in [0.25, 0.3) is 0 Å². The molecule has 3 aromatic heterocycles. The van der Waals surface area contributed by atoms with Crippen molar-refractivity contribution >= 4 is 34.3 Å². The van der Waals surface area contributed by atoms with Gasteiger partial charge in [-0.25, -0.2) is 19.9 Å². The van der Waals surface area contributed by atoms with Crippen LogP contribution in [0.5, 0.6) is 0 Å². The molecule has 158 valence electrons. The zero-order valence-electron chi connectivity index (χ0n) is 17.0. The van der Waals surface area contributed by atoms with Gasteiger partial charge in [0.05, 0.1) is 39.0 Å². The Labute approximate surface area is 188 Å². The molecule has 0 radical (unpaired) electrons. The van der Waals surface area contributed by atoms with Crippen LogP contribution >= 0.6 is 11.6 Å². The topological polar surface area (TPSA) is 116 Å². The zero-order chi connectivity index (χ0) is 22.1. The summed E-state index contributed by atoms with van der Waals surface area (Å²) in [5.41, 5.74) is 11.0. The van der Waals surface area contributed by atoms with Crippen LogP contribution in [0.2, 0.25) is 5.02 Å². The molecule has 0 aliphatic rings. The van der Waals surface area contributed by atoms with Crippen LogP contribution in [0.25, 0.3) is 33.5 Å². The molecule has 3 heterocycles. The molecule has 0 amide bonds. The average molecular weight is 444 g/mol. The lowest BCUT2D eigenvalue weighted by molar-refractivity contribution is 0.422. The van der Waals surface area contributed by atoms with Crippen molar-refractivity contribution in [2.45, 2.75) is 13.0 Å². The molecule has 0 aliphatic carbocycles. The van der Waals surface area contributed by atoms with E-state index in [0.29, 0.717) is 33.6 Å². The molecule has 0 bridgehead atoms. The summed E-state index contributed by atoms with van der Waals surface area (Å²) in [7, 11) is 0. The summed E-state index contributed by atoms with van der Waals surface area (Å²) in [4.78, 5) is 18.3. The summed E-state index contributed by atoms with van der Waals surface area (Å²) < 4.78 is 4.98. The number of aromatic nitrogens is 5. The van der Waals surface area contributed by atoms with E-state index in [1.807, 2.05) is 55.5 Å². The zero-order valence-corrected chi connectivity index (χ0v) is 17.8. The maximum Gasteiger partial charge on any atom is 0.141 e. The molecule has 2 aromatic carbocycles. The van der Waals surface area contributed by atoms with Gasteiger partial charge < -0.3 is 15.6 Å². The summed E-state index contributed by atoms with van der Waals surface area (Å²) >= 11 is 6.52. The molecule has 8 nitrogen and oxygen atoms in total. The van der Waals surface area contributed by atoms with E-state index in [1.54, 1.807) is 6.07 Å². The standard InChI is InChI=1S/C23H18ClN7O/c1-13(28-23-19(18-10-11-32-31-18)22(25)26-12-27-23)20-21(14-6-2-3-7-15(14)24)30-17-9-5-4-8-16(17)29-20/h2-13H,1H3,(H3,25,26,27,28). The Kier molecular flexibility index (Phi) is 5.12. The van der Waals surface area contributed by atoms with Crippen LogP contribution in [0.3, 0.4) is 0 Å². The number of hydrogen-bond donors (Lipinski definition) is 2. The second-order valence-electron chi connectivity index (χ2n) is 7.16. The predicted molar refractivity (Wildman–Crippen MR) is 124 cm³/mol. The van der Waals surface area contributed by atoms with Gasteiger partial charge in [0.1, 0.15) is 29.9 Å². The van der Waals surface area contributed by atoms with Gasteiger partial charge in [-0.05, 0) is 25.1 Å². The van der Waals surface area contributed by atoms with Crippen molar-refractivity contribution in [3.05, 3.63) is 77.9 Å². The highest BCUT2D eigenvalue weighted by molar-refractivity contribution is 6.33. The van der Waals surface area contributed by atoms with E-state index in [4.69, 9.17) is 31.8 Å². The number of benzene rings is 2. The monoisotopic (exact) mass is 443 g/mol. The Morgan fingerprint density at radius 1 is 0.969 bits per heavy atom. The van der Waals surface area contributed by atoms with Gasteiger partial charge in [-0.15, -0.1) is 0 Å².